The lowest BCUT2D eigenvalue weighted by Crippen LogP contribution is -2.40. The Morgan fingerprint density at radius 1 is 1.52 bits per heavy atom. The molecule has 1 aliphatic heterocycles. The second kappa shape index (κ2) is 6.65. The van der Waals surface area contributed by atoms with Gasteiger partial charge in [0.25, 0.3) is 0 Å². The maximum atomic E-state index is 12.3. The van der Waals surface area contributed by atoms with E-state index in [-0.39, 0.29) is 5.91 Å². The maximum absolute atomic E-state index is 12.3. The summed E-state index contributed by atoms with van der Waals surface area (Å²) in [5.41, 5.74) is 0.624. The summed E-state index contributed by atoms with van der Waals surface area (Å²) in [5.74, 6) is -0.879. The van der Waals surface area contributed by atoms with Gasteiger partial charge in [0, 0.05) is 19.2 Å². The third-order valence-electron chi connectivity index (χ3n) is 3.83. The number of amides is 1. The van der Waals surface area contributed by atoms with Crippen LogP contribution in [-0.4, -0.2) is 38.4 Å². The van der Waals surface area contributed by atoms with Crippen LogP contribution in [0.3, 0.4) is 0 Å². The minimum absolute atomic E-state index is 0.0156. The van der Waals surface area contributed by atoms with E-state index in [9.17, 15) is 14.7 Å². The second-order valence-corrected chi connectivity index (χ2v) is 5.40. The Balaban J connectivity index is 2.47. The molecule has 2 atom stereocenters. The van der Waals surface area contributed by atoms with Gasteiger partial charge in [0.2, 0.25) is 5.91 Å². The van der Waals surface area contributed by atoms with Gasteiger partial charge in [-0.15, -0.1) is 0 Å². The molecule has 1 fully saturated rings. The van der Waals surface area contributed by atoms with Crippen molar-refractivity contribution in [3.8, 4) is 0 Å². The molecule has 0 bridgehead atoms. The van der Waals surface area contributed by atoms with Crippen LogP contribution in [0.2, 0.25) is 0 Å². The van der Waals surface area contributed by atoms with Crippen molar-refractivity contribution < 1.29 is 14.7 Å². The van der Waals surface area contributed by atoms with Crippen LogP contribution in [0.1, 0.15) is 50.2 Å². The molecule has 2 heterocycles. The Labute approximate surface area is 124 Å². The third kappa shape index (κ3) is 3.37. The predicted molar refractivity (Wildman–Crippen MR) is 76.5 cm³/mol. The Bertz CT molecular complexity index is 533. The number of aromatic nitrogens is 2. The first kappa shape index (κ1) is 15.4. The second-order valence-electron chi connectivity index (χ2n) is 5.40. The van der Waals surface area contributed by atoms with E-state index in [1.807, 2.05) is 6.92 Å². The van der Waals surface area contributed by atoms with Crippen LogP contribution in [0.4, 0.5) is 0 Å². The molecule has 1 aromatic heterocycles. The van der Waals surface area contributed by atoms with E-state index < -0.39 is 17.9 Å². The minimum Gasteiger partial charge on any atom is -0.481 e. The van der Waals surface area contributed by atoms with E-state index in [0.717, 1.165) is 6.42 Å². The first-order valence-electron chi connectivity index (χ1n) is 7.36. The first-order valence-corrected chi connectivity index (χ1v) is 7.36. The van der Waals surface area contributed by atoms with Crippen molar-refractivity contribution >= 4 is 11.9 Å². The number of carboxylic acid groups (broad SMARTS) is 1. The largest absolute Gasteiger partial charge is 0.481 e. The highest BCUT2D eigenvalue weighted by Crippen LogP contribution is 2.35. The van der Waals surface area contributed by atoms with Crippen LogP contribution in [0, 0.1) is 12.8 Å². The van der Waals surface area contributed by atoms with Crippen LogP contribution in [-0.2, 0) is 9.59 Å². The van der Waals surface area contributed by atoms with Gasteiger partial charge >= 0.3 is 5.97 Å². The lowest BCUT2D eigenvalue weighted by molar-refractivity contribution is -0.146. The molecule has 1 N–H and O–H groups in total. The summed E-state index contributed by atoms with van der Waals surface area (Å²) in [6.07, 6.45) is 3.92. The molecule has 0 aromatic carbocycles. The standard InChI is InChI=1S/C15H21N3O3/c1-3-9-18-13(19)6-4-5-11(15(20)21)14(18)12-7-8-16-10(2)17-12/h7-8,11,14H,3-6,9H2,1-2H3,(H,20,21). The zero-order valence-electron chi connectivity index (χ0n) is 12.5. The molecule has 1 aromatic rings. The number of aryl methyl sites for hydroxylation is 1. The van der Waals surface area contributed by atoms with Gasteiger partial charge < -0.3 is 10.0 Å². The number of carbonyl (C=O) groups is 2. The van der Waals surface area contributed by atoms with E-state index in [4.69, 9.17) is 0 Å². The number of nitrogens with zero attached hydrogens (tertiary/aromatic N) is 3. The van der Waals surface area contributed by atoms with E-state index in [1.165, 1.54) is 0 Å². The lowest BCUT2D eigenvalue weighted by Gasteiger charge is -2.33. The summed E-state index contributed by atoms with van der Waals surface area (Å²) in [4.78, 5) is 34.1. The minimum atomic E-state index is -0.868. The molecule has 2 unspecified atom stereocenters. The summed E-state index contributed by atoms with van der Waals surface area (Å²) in [6, 6.07) is 1.22. The van der Waals surface area contributed by atoms with Gasteiger partial charge in [-0.3, -0.25) is 9.59 Å². The number of rotatable bonds is 4. The molecule has 6 nitrogen and oxygen atoms in total. The molecule has 0 spiro atoms. The van der Waals surface area contributed by atoms with Crippen molar-refractivity contribution in [2.24, 2.45) is 5.92 Å². The molecule has 2 rings (SSSR count). The molecular formula is C15H21N3O3. The highest BCUT2D eigenvalue weighted by Gasteiger charge is 2.39. The fraction of sp³-hybridized carbons (Fsp3) is 0.600. The molecule has 0 aliphatic carbocycles. The van der Waals surface area contributed by atoms with Crippen LogP contribution in [0.5, 0.6) is 0 Å². The molecule has 114 valence electrons. The summed E-state index contributed by atoms with van der Waals surface area (Å²) < 4.78 is 0. The van der Waals surface area contributed by atoms with Gasteiger partial charge in [-0.25, -0.2) is 9.97 Å². The highest BCUT2D eigenvalue weighted by atomic mass is 16.4. The van der Waals surface area contributed by atoms with E-state index >= 15 is 0 Å². The zero-order valence-corrected chi connectivity index (χ0v) is 12.5. The predicted octanol–water partition coefficient (Wildman–Crippen LogP) is 1.95. The normalized spacial score (nSPS) is 23.0. The zero-order chi connectivity index (χ0) is 15.4. The molecular weight excluding hydrogens is 270 g/mol. The van der Waals surface area contributed by atoms with Crippen molar-refractivity contribution in [2.75, 3.05) is 6.54 Å². The van der Waals surface area contributed by atoms with Crippen molar-refractivity contribution in [1.82, 2.24) is 14.9 Å². The number of hydrogen-bond donors (Lipinski definition) is 1. The smallest absolute Gasteiger partial charge is 0.309 e. The molecule has 1 aliphatic rings. The first-order chi connectivity index (χ1) is 10.0. The quantitative estimate of drug-likeness (QED) is 0.916. The lowest BCUT2D eigenvalue weighted by atomic mass is 9.92. The topological polar surface area (TPSA) is 83.4 Å². The van der Waals surface area contributed by atoms with Gasteiger partial charge in [-0.05, 0) is 32.3 Å². The van der Waals surface area contributed by atoms with Gasteiger partial charge in [0.05, 0.1) is 17.7 Å². The Morgan fingerprint density at radius 2 is 2.29 bits per heavy atom. The average molecular weight is 291 g/mol. The molecule has 1 amide bonds. The summed E-state index contributed by atoms with van der Waals surface area (Å²) in [6.45, 7) is 4.30. The molecule has 0 saturated carbocycles. The summed E-state index contributed by atoms with van der Waals surface area (Å²) >= 11 is 0. The van der Waals surface area contributed by atoms with E-state index in [1.54, 1.807) is 24.1 Å². The summed E-state index contributed by atoms with van der Waals surface area (Å²) in [7, 11) is 0. The number of aliphatic carboxylic acids is 1. The fourth-order valence-corrected chi connectivity index (χ4v) is 2.92. The maximum Gasteiger partial charge on any atom is 0.309 e. The Hall–Kier alpha value is -1.98. The van der Waals surface area contributed by atoms with Gasteiger partial charge in [-0.1, -0.05) is 6.92 Å². The van der Waals surface area contributed by atoms with Crippen molar-refractivity contribution in [3.05, 3.63) is 23.8 Å². The van der Waals surface area contributed by atoms with Gasteiger partial charge in [-0.2, -0.15) is 0 Å². The van der Waals surface area contributed by atoms with Gasteiger partial charge in [0.1, 0.15) is 5.82 Å². The molecule has 1 saturated heterocycles. The number of carbonyl (C=O) groups excluding carboxylic acids is 1. The van der Waals surface area contributed by atoms with E-state index in [0.29, 0.717) is 37.3 Å². The molecule has 0 radical (unpaired) electrons. The molecule has 21 heavy (non-hydrogen) atoms. The third-order valence-corrected chi connectivity index (χ3v) is 3.83. The number of carboxylic acids is 1. The van der Waals surface area contributed by atoms with Crippen molar-refractivity contribution in [3.63, 3.8) is 0 Å². The Kier molecular flexibility index (Phi) is 4.88. The van der Waals surface area contributed by atoms with Gasteiger partial charge in [0.15, 0.2) is 0 Å². The summed E-state index contributed by atoms with van der Waals surface area (Å²) in [5, 5.41) is 9.56. The monoisotopic (exact) mass is 291 g/mol. The Morgan fingerprint density at radius 3 is 2.90 bits per heavy atom. The van der Waals surface area contributed by atoms with Crippen LogP contribution < -0.4 is 0 Å². The SMILES string of the molecule is CCCN1C(=O)CCCC(C(=O)O)C1c1ccnc(C)n1. The average Bonchev–Trinajstić information content (AvgIpc) is 2.59. The number of hydrogen-bond acceptors (Lipinski definition) is 4. The van der Waals surface area contributed by atoms with Crippen molar-refractivity contribution in [2.45, 2.75) is 45.6 Å². The van der Waals surface area contributed by atoms with E-state index in [2.05, 4.69) is 9.97 Å². The van der Waals surface area contributed by atoms with Crippen molar-refractivity contribution in [1.29, 1.82) is 0 Å². The van der Waals surface area contributed by atoms with Crippen LogP contribution in [0.15, 0.2) is 12.3 Å². The fourth-order valence-electron chi connectivity index (χ4n) is 2.92. The highest BCUT2D eigenvalue weighted by molar-refractivity contribution is 5.79. The molecule has 6 heteroatoms. The van der Waals surface area contributed by atoms with Crippen LogP contribution in [0.25, 0.3) is 0 Å². The van der Waals surface area contributed by atoms with Crippen LogP contribution >= 0.6 is 0 Å². The number of likely N-dealkylation sites (tertiary alicyclic amines) is 1.